The average molecular weight is 324 g/mol. The predicted molar refractivity (Wildman–Crippen MR) is 101 cm³/mol. The van der Waals surface area contributed by atoms with Crippen LogP contribution in [-0.4, -0.2) is 16.9 Å². The maximum Gasteiger partial charge on any atom is 0.307 e. The van der Waals surface area contributed by atoms with E-state index in [-0.39, 0.29) is 12.2 Å². The Kier molecular flexibility index (Phi) is 13.1. The second-order valence-corrected chi connectivity index (χ2v) is 4.74. The first-order valence-electron chi connectivity index (χ1n) is 7.60. The van der Waals surface area contributed by atoms with Crippen LogP contribution in [0.25, 0.3) is 0 Å². The fourth-order valence-electron chi connectivity index (χ4n) is 1.27. The summed E-state index contributed by atoms with van der Waals surface area (Å²) in [6.45, 7) is 3.33. The van der Waals surface area contributed by atoms with Crippen molar-refractivity contribution >= 4 is 11.8 Å². The van der Waals surface area contributed by atoms with Gasteiger partial charge in [-0.05, 0) is 19.4 Å². The Balaban J connectivity index is 4.00. The van der Waals surface area contributed by atoms with Gasteiger partial charge in [-0.25, -0.2) is 0 Å². The molecule has 0 rings (SSSR count). The molecule has 3 heteroatoms. The molecular weight excluding hydrogens is 300 g/mol. The van der Waals surface area contributed by atoms with Crippen molar-refractivity contribution in [2.24, 2.45) is 0 Å². The number of Topliss-reactive ketones (excluding diaryl/α,β-unsaturated/α-hetero) is 1. The molecule has 1 N–H and O–H groups in total. The van der Waals surface area contributed by atoms with E-state index in [4.69, 9.17) is 5.11 Å². The van der Waals surface area contributed by atoms with Crippen molar-refractivity contribution in [1.29, 1.82) is 0 Å². The molecule has 0 heterocycles. The van der Waals surface area contributed by atoms with Gasteiger partial charge in [-0.2, -0.15) is 0 Å². The highest BCUT2D eigenvalue weighted by Gasteiger charge is 1.90. The molecule has 0 aromatic heterocycles. The van der Waals surface area contributed by atoms with Crippen LogP contribution in [0.5, 0.6) is 0 Å². The third kappa shape index (κ3) is 15.4. The number of carbonyl (C=O) groups excluding carboxylic acids is 1. The molecule has 0 saturated carbocycles. The van der Waals surface area contributed by atoms with Crippen molar-refractivity contribution in [3.63, 3.8) is 0 Å². The molecule has 0 saturated heterocycles. The Labute approximate surface area is 144 Å². The molecule has 0 spiro atoms. The van der Waals surface area contributed by atoms with Crippen LogP contribution in [0.4, 0.5) is 0 Å². The van der Waals surface area contributed by atoms with Gasteiger partial charge in [0.25, 0.3) is 0 Å². The Morgan fingerprint density at radius 2 is 1.04 bits per heavy atom. The van der Waals surface area contributed by atoms with Gasteiger partial charge in [0.05, 0.1) is 6.42 Å². The van der Waals surface area contributed by atoms with Gasteiger partial charge in [0.15, 0.2) is 5.78 Å². The fraction of sp³-hybridized carbons (Fsp3) is 0.143. The number of allylic oxidation sites excluding steroid dienone is 15. The molecule has 0 fully saturated rings. The number of carboxylic acids is 1. The van der Waals surface area contributed by atoms with Gasteiger partial charge in [-0.1, -0.05) is 91.1 Å². The minimum Gasteiger partial charge on any atom is -0.481 e. The minimum absolute atomic E-state index is 0.0358. The van der Waals surface area contributed by atoms with Crippen LogP contribution in [0, 0.1) is 0 Å². The quantitative estimate of drug-likeness (QED) is 0.460. The molecule has 126 valence electrons. The highest BCUT2D eigenvalue weighted by molar-refractivity contribution is 5.92. The second-order valence-electron chi connectivity index (χ2n) is 4.74. The Bertz CT molecular complexity index is 621. The van der Waals surface area contributed by atoms with E-state index in [1.807, 2.05) is 66.8 Å². The summed E-state index contributed by atoms with van der Waals surface area (Å²) < 4.78 is 0. The van der Waals surface area contributed by atoms with E-state index in [0.29, 0.717) is 0 Å². The first-order valence-corrected chi connectivity index (χ1v) is 7.60. The van der Waals surface area contributed by atoms with E-state index >= 15 is 0 Å². The summed E-state index contributed by atoms with van der Waals surface area (Å²) in [7, 11) is 0. The van der Waals surface area contributed by atoms with Crippen LogP contribution in [0.3, 0.4) is 0 Å². The van der Waals surface area contributed by atoms with Crippen LogP contribution in [-0.2, 0) is 9.59 Å². The zero-order chi connectivity index (χ0) is 18.0. The highest BCUT2D eigenvalue weighted by atomic mass is 16.4. The molecule has 0 amide bonds. The summed E-state index contributed by atoms with van der Waals surface area (Å²) in [5, 5.41) is 8.43. The SMILES string of the molecule is CC(=O)/C(C)=C/C=C/C=C\C=C\C=C\C=C\C=C\C=C/CC(=O)O. The number of aliphatic carboxylic acids is 1. The van der Waals surface area contributed by atoms with Gasteiger partial charge < -0.3 is 5.11 Å². The fourth-order valence-corrected chi connectivity index (χ4v) is 1.27. The standard InChI is InChI=1S/C21H24O3/c1-19(20(2)22)17-15-13-11-9-7-5-3-4-6-8-10-12-14-16-18-21(23)24/h3-17H,18H2,1-2H3,(H,23,24)/b4-3+,7-5+,8-6+,11-9-,12-10+,15-13+,16-14-,19-17+. The van der Waals surface area contributed by atoms with Crippen molar-refractivity contribution in [3.05, 3.63) is 96.7 Å². The second kappa shape index (κ2) is 15.0. The zero-order valence-corrected chi connectivity index (χ0v) is 14.1. The van der Waals surface area contributed by atoms with Crippen LogP contribution < -0.4 is 0 Å². The molecule has 0 aromatic rings. The van der Waals surface area contributed by atoms with E-state index in [1.54, 1.807) is 38.2 Å². The summed E-state index contributed by atoms with van der Waals surface area (Å²) in [5.74, 6) is -0.759. The molecule has 0 aliphatic carbocycles. The third-order valence-corrected chi connectivity index (χ3v) is 2.66. The Morgan fingerprint density at radius 1 is 0.667 bits per heavy atom. The summed E-state index contributed by atoms with van der Waals surface area (Å²) in [6, 6.07) is 0. The van der Waals surface area contributed by atoms with Crippen LogP contribution >= 0.6 is 0 Å². The number of ketones is 1. The number of rotatable bonds is 10. The molecule has 24 heavy (non-hydrogen) atoms. The van der Waals surface area contributed by atoms with Crippen molar-refractivity contribution in [2.45, 2.75) is 20.3 Å². The summed E-state index contributed by atoms with van der Waals surface area (Å²) >= 11 is 0. The molecule has 0 atom stereocenters. The summed E-state index contributed by atoms with van der Waals surface area (Å²) in [6.07, 6.45) is 27.5. The van der Waals surface area contributed by atoms with E-state index in [2.05, 4.69) is 0 Å². The van der Waals surface area contributed by atoms with Gasteiger partial charge >= 0.3 is 5.97 Å². The van der Waals surface area contributed by atoms with Crippen molar-refractivity contribution in [2.75, 3.05) is 0 Å². The number of hydrogen-bond donors (Lipinski definition) is 1. The van der Waals surface area contributed by atoms with Gasteiger partial charge in [-0.3, -0.25) is 9.59 Å². The number of carboxylic acid groups (broad SMARTS) is 1. The zero-order valence-electron chi connectivity index (χ0n) is 14.1. The van der Waals surface area contributed by atoms with E-state index in [9.17, 15) is 9.59 Å². The van der Waals surface area contributed by atoms with Crippen molar-refractivity contribution in [1.82, 2.24) is 0 Å². The predicted octanol–water partition coefficient (Wildman–Crippen LogP) is 4.89. The van der Waals surface area contributed by atoms with Crippen molar-refractivity contribution in [3.8, 4) is 0 Å². The topological polar surface area (TPSA) is 54.4 Å². The smallest absolute Gasteiger partial charge is 0.307 e. The van der Waals surface area contributed by atoms with E-state index < -0.39 is 5.97 Å². The average Bonchev–Trinajstić information content (AvgIpc) is 2.53. The molecule has 0 aliphatic heterocycles. The molecule has 0 unspecified atom stereocenters. The number of hydrogen-bond acceptors (Lipinski definition) is 2. The van der Waals surface area contributed by atoms with Crippen LogP contribution in [0.2, 0.25) is 0 Å². The van der Waals surface area contributed by atoms with Crippen molar-refractivity contribution < 1.29 is 14.7 Å². The lowest BCUT2D eigenvalue weighted by molar-refractivity contribution is -0.136. The third-order valence-electron chi connectivity index (χ3n) is 2.66. The Hall–Kier alpha value is -2.94. The molecule has 0 aliphatic rings. The lowest BCUT2D eigenvalue weighted by Crippen LogP contribution is -1.89. The molecule has 0 bridgehead atoms. The van der Waals surface area contributed by atoms with Crippen LogP contribution in [0.1, 0.15) is 20.3 Å². The lowest BCUT2D eigenvalue weighted by Gasteiger charge is -1.87. The summed E-state index contributed by atoms with van der Waals surface area (Å²) in [5.41, 5.74) is 0.733. The van der Waals surface area contributed by atoms with Crippen LogP contribution in [0.15, 0.2) is 96.7 Å². The lowest BCUT2D eigenvalue weighted by atomic mass is 10.2. The summed E-state index contributed by atoms with van der Waals surface area (Å²) in [4.78, 5) is 21.2. The van der Waals surface area contributed by atoms with Gasteiger partial charge in [0.1, 0.15) is 0 Å². The first-order chi connectivity index (χ1) is 11.5. The Morgan fingerprint density at radius 3 is 1.42 bits per heavy atom. The molecule has 3 nitrogen and oxygen atoms in total. The number of carbonyl (C=O) groups is 2. The largest absolute Gasteiger partial charge is 0.481 e. The van der Waals surface area contributed by atoms with Gasteiger partial charge in [-0.15, -0.1) is 0 Å². The van der Waals surface area contributed by atoms with E-state index in [0.717, 1.165) is 5.57 Å². The molecule has 0 radical (unpaired) electrons. The highest BCUT2D eigenvalue weighted by Crippen LogP contribution is 1.94. The molecule has 0 aromatic carbocycles. The minimum atomic E-state index is -0.836. The van der Waals surface area contributed by atoms with Gasteiger partial charge in [0.2, 0.25) is 0 Å². The molecular formula is C21H24O3. The van der Waals surface area contributed by atoms with E-state index in [1.165, 1.54) is 0 Å². The maximum absolute atomic E-state index is 11.0. The normalized spacial score (nSPS) is 14.0. The first kappa shape index (κ1) is 21.1. The maximum atomic E-state index is 11.0. The monoisotopic (exact) mass is 324 g/mol. The van der Waals surface area contributed by atoms with Gasteiger partial charge in [0, 0.05) is 0 Å².